The first kappa shape index (κ1) is 13.9. The summed E-state index contributed by atoms with van der Waals surface area (Å²) in [4.78, 5) is 6.70. The summed E-state index contributed by atoms with van der Waals surface area (Å²) < 4.78 is 1.80. The van der Waals surface area contributed by atoms with Crippen LogP contribution in [0.4, 0.5) is 11.9 Å². The molecule has 0 atom stereocenters. The molecule has 0 amide bonds. The van der Waals surface area contributed by atoms with E-state index in [1.54, 1.807) is 4.68 Å². The van der Waals surface area contributed by atoms with Crippen LogP contribution in [-0.2, 0) is 6.54 Å². The van der Waals surface area contributed by atoms with E-state index in [4.69, 9.17) is 5.73 Å². The Hall–Kier alpha value is -2.04. The van der Waals surface area contributed by atoms with Gasteiger partial charge in [-0.15, -0.1) is 5.10 Å². The lowest BCUT2D eigenvalue weighted by Gasteiger charge is -2.17. The Morgan fingerprint density at radius 1 is 1.05 bits per heavy atom. The van der Waals surface area contributed by atoms with Crippen molar-refractivity contribution in [3.8, 4) is 0 Å². The molecule has 1 aromatic heterocycles. The van der Waals surface area contributed by atoms with E-state index in [9.17, 15) is 0 Å². The molecule has 2 N–H and O–H groups in total. The smallest absolute Gasteiger partial charge is 0.246 e. The molecule has 2 aromatic rings. The summed E-state index contributed by atoms with van der Waals surface area (Å²) in [5.74, 6) is 1.27. The molecule has 0 bridgehead atoms. The Balaban J connectivity index is 1.75. The van der Waals surface area contributed by atoms with Gasteiger partial charge in [0.25, 0.3) is 0 Å². The second-order valence-corrected chi connectivity index (χ2v) is 5.81. The molecular formula is C16H23N5. The maximum Gasteiger partial charge on any atom is 0.246 e. The van der Waals surface area contributed by atoms with E-state index in [-0.39, 0.29) is 0 Å². The number of rotatable bonds is 3. The van der Waals surface area contributed by atoms with E-state index in [2.05, 4.69) is 46.2 Å². The zero-order valence-electron chi connectivity index (χ0n) is 12.6. The SMILES string of the molecule is Cc1ccc(Cn2nc(N3CCCCCC3)nc2N)cc1. The first-order valence-corrected chi connectivity index (χ1v) is 7.73. The third kappa shape index (κ3) is 3.35. The van der Waals surface area contributed by atoms with Crippen molar-refractivity contribution in [3.63, 3.8) is 0 Å². The van der Waals surface area contributed by atoms with Gasteiger partial charge in [-0.25, -0.2) is 4.68 Å². The molecule has 5 nitrogen and oxygen atoms in total. The van der Waals surface area contributed by atoms with Gasteiger partial charge in [0.05, 0.1) is 6.54 Å². The van der Waals surface area contributed by atoms with Crippen LogP contribution in [-0.4, -0.2) is 27.9 Å². The molecule has 0 saturated carbocycles. The van der Waals surface area contributed by atoms with E-state index in [0.717, 1.165) is 19.0 Å². The maximum absolute atomic E-state index is 6.03. The Kier molecular flexibility index (Phi) is 4.08. The number of hydrogen-bond acceptors (Lipinski definition) is 4. The van der Waals surface area contributed by atoms with Gasteiger partial charge in [0.15, 0.2) is 0 Å². The highest BCUT2D eigenvalue weighted by Crippen LogP contribution is 2.18. The van der Waals surface area contributed by atoms with Gasteiger partial charge in [0, 0.05) is 13.1 Å². The monoisotopic (exact) mass is 285 g/mol. The van der Waals surface area contributed by atoms with Crippen LogP contribution in [0.5, 0.6) is 0 Å². The maximum atomic E-state index is 6.03. The summed E-state index contributed by atoms with van der Waals surface area (Å²) in [5.41, 5.74) is 8.48. The van der Waals surface area contributed by atoms with Crippen molar-refractivity contribution in [2.75, 3.05) is 23.7 Å². The van der Waals surface area contributed by atoms with E-state index < -0.39 is 0 Å². The van der Waals surface area contributed by atoms with Gasteiger partial charge in [0.1, 0.15) is 0 Å². The highest BCUT2D eigenvalue weighted by molar-refractivity contribution is 5.36. The zero-order chi connectivity index (χ0) is 14.7. The number of anilines is 2. The lowest BCUT2D eigenvalue weighted by atomic mass is 10.1. The predicted octanol–water partition coefficient (Wildman–Crippen LogP) is 2.60. The van der Waals surface area contributed by atoms with Crippen molar-refractivity contribution < 1.29 is 0 Å². The fraction of sp³-hybridized carbons (Fsp3) is 0.500. The van der Waals surface area contributed by atoms with Crippen molar-refractivity contribution in [1.82, 2.24) is 14.8 Å². The second kappa shape index (κ2) is 6.16. The number of benzene rings is 1. The van der Waals surface area contributed by atoms with Crippen LogP contribution in [0.15, 0.2) is 24.3 Å². The zero-order valence-corrected chi connectivity index (χ0v) is 12.6. The lowest BCUT2D eigenvalue weighted by Crippen LogP contribution is -2.25. The summed E-state index contributed by atoms with van der Waals surface area (Å²) >= 11 is 0. The van der Waals surface area contributed by atoms with Gasteiger partial charge in [-0.1, -0.05) is 42.7 Å². The Morgan fingerprint density at radius 3 is 2.38 bits per heavy atom. The van der Waals surface area contributed by atoms with Crippen LogP contribution >= 0.6 is 0 Å². The van der Waals surface area contributed by atoms with Gasteiger partial charge in [-0.05, 0) is 25.3 Å². The Labute approximate surface area is 125 Å². The number of nitrogens with zero attached hydrogens (tertiary/aromatic N) is 4. The average Bonchev–Trinajstić information content (AvgIpc) is 2.69. The van der Waals surface area contributed by atoms with E-state index in [1.807, 2.05) is 0 Å². The number of nitrogens with two attached hydrogens (primary N) is 1. The van der Waals surface area contributed by atoms with Crippen molar-refractivity contribution in [3.05, 3.63) is 35.4 Å². The van der Waals surface area contributed by atoms with Crippen LogP contribution in [0.3, 0.4) is 0 Å². The van der Waals surface area contributed by atoms with E-state index in [1.165, 1.54) is 36.8 Å². The summed E-state index contributed by atoms with van der Waals surface area (Å²) in [7, 11) is 0. The first-order valence-electron chi connectivity index (χ1n) is 7.73. The second-order valence-electron chi connectivity index (χ2n) is 5.81. The molecule has 0 spiro atoms. The Morgan fingerprint density at radius 2 is 1.71 bits per heavy atom. The summed E-state index contributed by atoms with van der Waals surface area (Å²) in [6.45, 7) is 4.83. The normalized spacial score (nSPS) is 16.0. The van der Waals surface area contributed by atoms with Crippen LogP contribution in [0, 0.1) is 6.92 Å². The van der Waals surface area contributed by atoms with Crippen LogP contribution in [0.2, 0.25) is 0 Å². The molecule has 112 valence electrons. The van der Waals surface area contributed by atoms with Gasteiger partial charge in [-0.3, -0.25) is 0 Å². The first-order chi connectivity index (χ1) is 10.2. The molecule has 1 aromatic carbocycles. The van der Waals surface area contributed by atoms with Crippen LogP contribution in [0.25, 0.3) is 0 Å². The van der Waals surface area contributed by atoms with Crippen molar-refractivity contribution >= 4 is 11.9 Å². The van der Waals surface area contributed by atoms with Crippen molar-refractivity contribution in [2.24, 2.45) is 0 Å². The van der Waals surface area contributed by atoms with Gasteiger partial charge in [-0.2, -0.15) is 4.98 Å². The standard InChI is InChI=1S/C16H23N5/c1-13-6-8-14(9-7-13)12-21-15(17)18-16(19-21)20-10-4-2-3-5-11-20/h6-9H,2-5,10-12H2,1H3,(H2,17,18,19). The van der Waals surface area contributed by atoms with Crippen LogP contribution < -0.4 is 10.6 Å². The lowest BCUT2D eigenvalue weighted by molar-refractivity contribution is 0.680. The summed E-state index contributed by atoms with van der Waals surface area (Å²) in [5, 5.41) is 4.60. The fourth-order valence-electron chi connectivity index (χ4n) is 2.73. The van der Waals surface area contributed by atoms with Gasteiger partial charge < -0.3 is 10.6 Å². The van der Waals surface area contributed by atoms with E-state index >= 15 is 0 Å². The molecule has 1 aliphatic heterocycles. The molecule has 0 radical (unpaired) electrons. The Bertz CT molecular complexity index is 579. The largest absolute Gasteiger partial charge is 0.368 e. The van der Waals surface area contributed by atoms with Gasteiger partial charge >= 0.3 is 0 Å². The molecule has 21 heavy (non-hydrogen) atoms. The number of nitrogen functional groups attached to an aromatic ring is 1. The van der Waals surface area contributed by atoms with Gasteiger partial charge in [0.2, 0.25) is 11.9 Å². The molecule has 2 heterocycles. The molecule has 3 rings (SSSR count). The van der Waals surface area contributed by atoms with E-state index in [0.29, 0.717) is 12.5 Å². The average molecular weight is 285 g/mol. The number of aromatic nitrogens is 3. The highest BCUT2D eigenvalue weighted by atomic mass is 15.4. The molecule has 5 heteroatoms. The summed E-state index contributed by atoms with van der Waals surface area (Å²) in [6, 6.07) is 8.44. The molecule has 0 unspecified atom stereocenters. The third-order valence-electron chi connectivity index (χ3n) is 4.03. The van der Waals surface area contributed by atoms with Crippen LogP contribution in [0.1, 0.15) is 36.8 Å². The van der Waals surface area contributed by atoms with Crippen molar-refractivity contribution in [1.29, 1.82) is 0 Å². The molecule has 0 aliphatic carbocycles. The third-order valence-corrected chi connectivity index (χ3v) is 4.03. The molecule has 1 saturated heterocycles. The minimum absolute atomic E-state index is 0.495. The quantitative estimate of drug-likeness (QED) is 0.941. The molecule has 1 aliphatic rings. The topological polar surface area (TPSA) is 60.0 Å². The molecular weight excluding hydrogens is 262 g/mol. The fourth-order valence-corrected chi connectivity index (χ4v) is 2.73. The number of hydrogen-bond donors (Lipinski definition) is 1. The molecule has 1 fully saturated rings. The summed E-state index contributed by atoms with van der Waals surface area (Å²) in [6.07, 6.45) is 5.03. The predicted molar refractivity (Wildman–Crippen MR) is 85.4 cm³/mol. The van der Waals surface area contributed by atoms with Crippen molar-refractivity contribution in [2.45, 2.75) is 39.2 Å². The number of aryl methyl sites for hydroxylation is 1. The highest BCUT2D eigenvalue weighted by Gasteiger charge is 2.16. The minimum Gasteiger partial charge on any atom is -0.368 e. The minimum atomic E-state index is 0.495.